The van der Waals surface area contributed by atoms with Crippen LogP contribution in [0.15, 0.2) is 40.9 Å². The number of alkyl halides is 2. The number of furan rings is 1. The van der Waals surface area contributed by atoms with Crippen LogP contribution in [0.1, 0.15) is 43.8 Å². The van der Waals surface area contributed by atoms with Gasteiger partial charge in [0.15, 0.2) is 11.5 Å². The van der Waals surface area contributed by atoms with Gasteiger partial charge in [-0.05, 0) is 42.8 Å². The van der Waals surface area contributed by atoms with E-state index in [2.05, 4.69) is 15.4 Å². The molecule has 0 aliphatic carbocycles. The van der Waals surface area contributed by atoms with E-state index < -0.39 is 23.9 Å². The van der Waals surface area contributed by atoms with Crippen LogP contribution in [0.5, 0.6) is 5.75 Å². The summed E-state index contributed by atoms with van der Waals surface area (Å²) < 4.78 is 40.3. The second kappa shape index (κ2) is 11.3. The number of carbonyl (C=O) groups is 2. The van der Waals surface area contributed by atoms with Crippen LogP contribution in [-0.4, -0.2) is 26.6 Å². The number of thiophene rings is 1. The molecule has 4 heterocycles. The zero-order chi connectivity index (χ0) is 29.6. The van der Waals surface area contributed by atoms with Crippen molar-refractivity contribution in [2.75, 3.05) is 5.32 Å². The number of rotatable bonds is 8. The van der Waals surface area contributed by atoms with Crippen LogP contribution < -0.4 is 15.8 Å². The molecule has 41 heavy (non-hydrogen) atoms. The summed E-state index contributed by atoms with van der Waals surface area (Å²) >= 11 is 19.0. The summed E-state index contributed by atoms with van der Waals surface area (Å²) in [6, 6.07) is 7.05. The number of aromatic nitrogens is 3. The Bertz CT molecular complexity index is 1810. The number of amides is 2. The standard InChI is InChI=1S/C26H18Cl3F2N5O4S/c1-10-14(8-36(2)35-10)13-7-17(23(30)31)33-26-19(13)20(22(41-26)24(32)37)34-25(38)18-4-3-12(40-18)9-39-21-15(28)5-11(27)6-16(21)29/h3-8,23H,9H2,1-2H3,(H2,32,37)(H,34,38). The molecule has 9 nitrogen and oxygen atoms in total. The molecule has 0 radical (unpaired) electrons. The smallest absolute Gasteiger partial charge is 0.291 e. The van der Waals surface area contributed by atoms with Gasteiger partial charge in [0, 0.05) is 29.2 Å². The van der Waals surface area contributed by atoms with E-state index in [9.17, 15) is 18.4 Å². The number of halogens is 5. The molecular weight excluding hydrogens is 623 g/mol. The first-order chi connectivity index (χ1) is 19.4. The maximum absolute atomic E-state index is 13.7. The number of ether oxygens (including phenoxy) is 1. The highest BCUT2D eigenvalue weighted by Gasteiger charge is 2.27. The van der Waals surface area contributed by atoms with Crippen molar-refractivity contribution in [3.8, 4) is 16.9 Å². The molecule has 5 aromatic rings. The molecule has 15 heteroatoms. The predicted molar refractivity (Wildman–Crippen MR) is 152 cm³/mol. The summed E-state index contributed by atoms with van der Waals surface area (Å²) in [4.78, 5) is 29.7. The van der Waals surface area contributed by atoms with Gasteiger partial charge in [-0.2, -0.15) is 5.10 Å². The van der Waals surface area contributed by atoms with E-state index in [1.165, 1.54) is 35.0 Å². The summed E-state index contributed by atoms with van der Waals surface area (Å²) in [6.07, 6.45) is -1.24. The molecule has 4 aromatic heterocycles. The second-order valence-corrected chi connectivity index (χ2v) is 11.0. The number of hydrogen-bond donors (Lipinski definition) is 2. The SMILES string of the molecule is Cc1nn(C)cc1-c1cc(C(F)F)nc2sc(C(N)=O)c(NC(=O)c3ccc(COc4c(Cl)cc(Cl)cc4Cl)o3)c12. The summed E-state index contributed by atoms with van der Waals surface area (Å²) in [5.41, 5.74) is 6.49. The fraction of sp³-hybridized carbons (Fsp3) is 0.154. The number of nitrogens with zero attached hydrogens (tertiary/aromatic N) is 3. The third kappa shape index (κ3) is 5.73. The molecule has 5 rings (SSSR count). The van der Waals surface area contributed by atoms with Gasteiger partial charge in [0.05, 0.1) is 21.4 Å². The van der Waals surface area contributed by atoms with Gasteiger partial charge in [-0.15, -0.1) is 11.3 Å². The summed E-state index contributed by atoms with van der Waals surface area (Å²) in [6.45, 7) is 1.59. The molecule has 0 unspecified atom stereocenters. The molecule has 0 aliphatic heterocycles. The molecule has 2 amide bonds. The lowest BCUT2D eigenvalue weighted by Crippen LogP contribution is -2.16. The average molecular weight is 641 g/mol. The van der Waals surface area contributed by atoms with Crippen molar-refractivity contribution in [2.24, 2.45) is 12.8 Å². The van der Waals surface area contributed by atoms with E-state index in [4.69, 9.17) is 49.7 Å². The zero-order valence-corrected chi connectivity index (χ0v) is 24.2. The van der Waals surface area contributed by atoms with Crippen molar-refractivity contribution in [2.45, 2.75) is 20.0 Å². The highest BCUT2D eigenvalue weighted by molar-refractivity contribution is 7.21. The van der Waals surface area contributed by atoms with Gasteiger partial charge in [0.2, 0.25) is 0 Å². The Kier molecular flexibility index (Phi) is 7.93. The number of primary amides is 1. The minimum atomic E-state index is -2.88. The van der Waals surface area contributed by atoms with Gasteiger partial charge in [-0.1, -0.05) is 34.8 Å². The van der Waals surface area contributed by atoms with Crippen molar-refractivity contribution < 1.29 is 27.5 Å². The molecule has 0 saturated carbocycles. The van der Waals surface area contributed by atoms with Crippen LogP contribution in [0.25, 0.3) is 21.3 Å². The number of anilines is 1. The third-order valence-electron chi connectivity index (χ3n) is 5.88. The molecular formula is C26H18Cl3F2N5O4S. The highest BCUT2D eigenvalue weighted by atomic mass is 35.5. The summed E-state index contributed by atoms with van der Waals surface area (Å²) in [5.74, 6) is -1.28. The average Bonchev–Trinajstić information content (AvgIpc) is 3.60. The number of pyridine rings is 1. The van der Waals surface area contributed by atoms with Crippen LogP contribution in [0, 0.1) is 6.92 Å². The van der Waals surface area contributed by atoms with Crippen LogP contribution >= 0.6 is 46.1 Å². The molecule has 0 aliphatic rings. The number of aryl methyl sites for hydroxylation is 2. The Morgan fingerprint density at radius 2 is 1.88 bits per heavy atom. The van der Waals surface area contributed by atoms with Gasteiger partial charge in [0.1, 0.15) is 27.8 Å². The predicted octanol–water partition coefficient (Wildman–Crippen LogP) is 7.43. The van der Waals surface area contributed by atoms with Gasteiger partial charge in [-0.3, -0.25) is 14.3 Å². The van der Waals surface area contributed by atoms with Crippen LogP contribution in [0.4, 0.5) is 14.5 Å². The van der Waals surface area contributed by atoms with Crippen molar-refractivity contribution in [1.82, 2.24) is 14.8 Å². The molecule has 1 aromatic carbocycles. The Hall–Kier alpha value is -3.71. The monoisotopic (exact) mass is 639 g/mol. The Morgan fingerprint density at radius 1 is 1.17 bits per heavy atom. The van der Waals surface area contributed by atoms with Crippen molar-refractivity contribution in [3.05, 3.63) is 79.4 Å². The van der Waals surface area contributed by atoms with Gasteiger partial charge >= 0.3 is 0 Å². The normalized spacial score (nSPS) is 11.4. The summed E-state index contributed by atoms with van der Waals surface area (Å²) in [5, 5.41) is 7.93. The van der Waals surface area contributed by atoms with Gasteiger partial charge in [0.25, 0.3) is 18.2 Å². The fourth-order valence-electron chi connectivity index (χ4n) is 4.16. The van der Waals surface area contributed by atoms with E-state index in [-0.39, 0.29) is 54.7 Å². The lowest BCUT2D eigenvalue weighted by atomic mass is 10.0. The maximum Gasteiger partial charge on any atom is 0.291 e. The lowest BCUT2D eigenvalue weighted by Gasteiger charge is -2.10. The molecule has 0 atom stereocenters. The minimum Gasteiger partial charge on any atom is -0.483 e. The largest absolute Gasteiger partial charge is 0.483 e. The highest BCUT2D eigenvalue weighted by Crippen LogP contribution is 2.43. The summed E-state index contributed by atoms with van der Waals surface area (Å²) in [7, 11) is 1.68. The number of benzene rings is 1. The van der Waals surface area contributed by atoms with E-state index in [0.717, 1.165) is 11.3 Å². The zero-order valence-electron chi connectivity index (χ0n) is 21.1. The molecule has 0 spiro atoms. The number of hydrogen-bond acceptors (Lipinski definition) is 7. The van der Waals surface area contributed by atoms with Crippen LogP contribution in [0.2, 0.25) is 15.1 Å². The first-order valence-electron chi connectivity index (χ1n) is 11.7. The number of carbonyl (C=O) groups excluding carboxylic acids is 2. The van der Waals surface area contributed by atoms with E-state index in [0.29, 0.717) is 21.8 Å². The van der Waals surface area contributed by atoms with Gasteiger partial charge in [-0.25, -0.2) is 13.8 Å². The number of nitrogens with two attached hydrogens (primary N) is 1. The molecule has 0 bridgehead atoms. The van der Waals surface area contributed by atoms with Gasteiger partial charge < -0.3 is 20.2 Å². The Balaban J connectivity index is 1.50. The third-order valence-corrected chi connectivity index (χ3v) is 7.76. The molecule has 0 fully saturated rings. The van der Waals surface area contributed by atoms with Crippen molar-refractivity contribution >= 4 is 73.9 Å². The minimum absolute atomic E-state index is 0.0167. The first kappa shape index (κ1) is 28.8. The first-order valence-corrected chi connectivity index (χ1v) is 13.6. The van der Waals surface area contributed by atoms with Crippen LogP contribution in [-0.2, 0) is 13.7 Å². The molecule has 212 valence electrons. The molecule has 0 saturated heterocycles. The number of fused-ring (bicyclic) bond motifs is 1. The topological polar surface area (TPSA) is 125 Å². The Labute approximate surface area is 249 Å². The maximum atomic E-state index is 13.7. The quantitative estimate of drug-likeness (QED) is 0.182. The second-order valence-electron chi connectivity index (χ2n) is 8.76. The fourth-order valence-corrected chi connectivity index (χ4v) is 6.10. The van der Waals surface area contributed by atoms with Crippen molar-refractivity contribution in [3.63, 3.8) is 0 Å². The number of nitrogens with one attached hydrogen (secondary N) is 1. The Morgan fingerprint density at radius 3 is 2.49 bits per heavy atom. The van der Waals surface area contributed by atoms with E-state index >= 15 is 0 Å². The van der Waals surface area contributed by atoms with Crippen LogP contribution in [0.3, 0.4) is 0 Å². The van der Waals surface area contributed by atoms with E-state index in [1.807, 2.05) is 0 Å². The van der Waals surface area contributed by atoms with E-state index in [1.54, 1.807) is 20.2 Å². The molecule has 3 N–H and O–H groups in total. The lowest BCUT2D eigenvalue weighted by molar-refractivity contribution is 0.0992. The van der Waals surface area contributed by atoms with Crippen molar-refractivity contribution in [1.29, 1.82) is 0 Å².